The predicted molar refractivity (Wildman–Crippen MR) is 59.7 cm³/mol. The molecule has 0 bridgehead atoms. The molecule has 2 rings (SSSR count). The number of fused-ring (bicyclic) bond motifs is 1. The number of nitrogens with zero attached hydrogens (tertiary/aromatic N) is 1. The van der Waals surface area contributed by atoms with E-state index in [0.717, 1.165) is 19.5 Å². The van der Waals surface area contributed by atoms with Crippen LogP contribution in [-0.4, -0.2) is 29.2 Å². The molecule has 0 fully saturated rings. The van der Waals surface area contributed by atoms with Crippen molar-refractivity contribution >= 4 is 11.3 Å². The average molecular weight is 211 g/mol. The maximum atomic E-state index is 9.38. The van der Waals surface area contributed by atoms with Gasteiger partial charge in [-0.05, 0) is 37.3 Å². The van der Waals surface area contributed by atoms with Gasteiger partial charge in [-0.3, -0.25) is 4.90 Å². The second-order valence-corrected chi connectivity index (χ2v) is 5.07. The van der Waals surface area contributed by atoms with Crippen LogP contribution in [0.5, 0.6) is 0 Å². The summed E-state index contributed by atoms with van der Waals surface area (Å²) in [4.78, 5) is 3.89. The van der Waals surface area contributed by atoms with E-state index in [1.54, 1.807) is 0 Å². The third-order valence-electron chi connectivity index (χ3n) is 2.90. The lowest BCUT2D eigenvalue weighted by Gasteiger charge is -2.34. The molecule has 2 atom stereocenters. The molecule has 1 N–H and O–H groups in total. The van der Waals surface area contributed by atoms with Crippen LogP contribution in [0.2, 0.25) is 0 Å². The summed E-state index contributed by atoms with van der Waals surface area (Å²) in [6.45, 7) is 5.96. The Morgan fingerprint density at radius 1 is 1.71 bits per heavy atom. The zero-order valence-electron chi connectivity index (χ0n) is 8.73. The second-order valence-electron chi connectivity index (χ2n) is 4.07. The van der Waals surface area contributed by atoms with E-state index in [1.165, 1.54) is 10.4 Å². The molecule has 0 saturated heterocycles. The highest BCUT2D eigenvalue weighted by Crippen LogP contribution is 2.32. The number of hydrogen-bond donors (Lipinski definition) is 1. The van der Waals surface area contributed by atoms with Crippen molar-refractivity contribution in [2.24, 2.45) is 0 Å². The minimum atomic E-state index is -0.224. The summed E-state index contributed by atoms with van der Waals surface area (Å²) in [5, 5.41) is 11.6. The molecule has 3 heteroatoms. The molecule has 0 aromatic carbocycles. The molecule has 2 nitrogen and oxygen atoms in total. The largest absolute Gasteiger partial charge is 0.392 e. The molecule has 1 aliphatic rings. The van der Waals surface area contributed by atoms with Gasteiger partial charge < -0.3 is 5.11 Å². The highest BCUT2D eigenvalue weighted by atomic mass is 32.1. The van der Waals surface area contributed by atoms with Gasteiger partial charge in [0.25, 0.3) is 0 Å². The molecule has 0 aliphatic carbocycles. The van der Waals surface area contributed by atoms with Gasteiger partial charge in [0.15, 0.2) is 0 Å². The van der Waals surface area contributed by atoms with Gasteiger partial charge in [-0.25, -0.2) is 0 Å². The summed E-state index contributed by atoms with van der Waals surface area (Å²) in [6.07, 6.45) is 0.919. The predicted octanol–water partition coefficient (Wildman–Crippen LogP) is 2.05. The second kappa shape index (κ2) is 4.01. The van der Waals surface area contributed by atoms with E-state index in [0.29, 0.717) is 6.04 Å². The van der Waals surface area contributed by atoms with E-state index in [-0.39, 0.29) is 6.10 Å². The van der Waals surface area contributed by atoms with Crippen molar-refractivity contribution in [1.82, 2.24) is 4.90 Å². The normalized spacial score (nSPS) is 24.6. The Bertz CT molecular complexity index is 308. The topological polar surface area (TPSA) is 23.5 Å². The molecule has 2 unspecified atom stereocenters. The molecule has 0 saturated carbocycles. The zero-order chi connectivity index (χ0) is 10.1. The summed E-state index contributed by atoms with van der Waals surface area (Å²) >= 11 is 1.86. The summed E-state index contributed by atoms with van der Waals surface area (Å²) < 4.78 is 0. The summed E-state index contributed by atoms with van der Waals surface area (Å²) in [5.74, 6) is 0. The van der Waals surface area contributed by atoms with Crippen LogP contribution >= 0.6 is 11.3 Å². The SMILES string of the molecule is CC(O)CN1CCc2sccc2C1C. The Hall–Kier alpha value is -0.380. The number of thiophene rings is 1. The maximum absolute atomic E-state index is 9.38. The van der Waals surface area contributed by atoms with Gasteiger partial charge in [0.1, 0.15) is 0 Å². The van der Waals surface area contributed by atoms with E-state index < -0.39 is 0 Å². The van der Waals surface area contributed by atoms with E-state index in [4.69, 9.17) is 0 Å². The lowest BCUT2D eigenvalue weighted by atomic mass is 10.0. The Balaban J connectivity index is 2.13. The lowest BCUT2D eigenvalue weighted by molar-refractivity contribution is 0.0986. The Morgan fingerprint density at radius 2 is 2.50 bits per heavy atom. The summed E-state index contributed by atoms with van der Waals surface area (Å²) in [5.41, 5.74) is 1.46. The molecule has 14 heavy (non-hydrogen) atoms. The third kappa shape index (κ3) is 1.85. The maximum Gasteiger partial charge on any atom is 0.0639 e. The molecule has 2 heterocycles. The fourth-order valence-corrected chi connectivity index (χ4v) is 3.11. The van der Waals surface area contributed by atoms with Crippen molar-refractivity contribution < 1.29 is 5.11 Å². The van der Waals surface area contributed by atoms with E-state index in [9.17, 15) is 5.11 Å². The number of aliphatic hydroxyl groups excluding tert-OH is 1. The van der Waals surface area contributed by atoms with Crippen molar-refractivity contribution in [2.45, 2.75) is 32.4 Å². The first kappa shape index (κ1) is 10.1. The van der Waals surface area contributed by atoms with Crippen LogP contribution in [0.1, 0.15) is 30.3 Å². The fourth-order valence-electron chi connectivity index (χ4n) is 2.15. The molecular weight excluding hydrogens is 194 g/mol. The van der Waals surface area contributed by atoms with Crippen LogP contribution in [0, 0.1) is 0 Å². The third-order valence-corrected chi connectivity index (χ3v) is 3.90. The minimum Gasteiger partial charge on any atom is -0.392 e. The first-order valence-electron chi connectivity index (χ1n) is 5.17. The number of aliphatic hydroxyl groups is 1. The number of rotatable bonds is 2. The molecule has 78 valence electrons. The van der Waals surface area contributed by atoms with Crippen LogP contribution in [0.3, 0.4) is 0 Å². The molecule has 1 aromatic rings. The van der Waals surface area contributed by atoms with Crippen molar-refractivity contribution in [1.29, 1.82) is 0 Å². The monoisotopic (exact) mass is 211 g/mol. The Labute approximate surface area is 89.2 Å². The standard InChI is InChI=1S/C11H17NOS/c1-8(13)7-12-5-3-11-10(9(12)2)4-6-14-11/h4,6,8-9,13H,3,5,7H2,1-2H3. The number of hydrogen-bond acceptors (Lipinski definition) is 3. The van der Waals surface area contributed by atoms with E-state index in [1.807, 2.05) is 18.3 Å². The lowest BCUT2D eigenvalue weighted by Crippen LogP contribution is -2.37. The van der Waals surface area contributed by atoms with Crippen LogP contribution in [0.25, 0.3) is 0 Å². The van der Waals surface area contributed by atoms with Crippen LogP contribution in [0.4, 0.5) is 0 Å². The highest BCUT2D eigenvalue weighted by molar-refractivity contribution is 7.10. The Morgan fingerprint density at radius 3 is 3.21 bits per heavy atom. The van der Waals surface area contributed by atoms with Crippen molar-refractivity contribution in [3.8, 4) is 0 Å². The van der Waals surface area contributed by atoms with Crippen molar-refractivity contribution in [2.75, 3.05) is 13.1 Å². The van der Waals surface area contributed by atoms with Crippen LogP contribution in [0.15, 0.2) is 11.4 Å². The highest BCUT2D eigenvalue weighted by Gasteiger charge is 2.24. The first-order valence-corrected chi connectivity index (χ1v) is 6.05. The van der Waals surface area contributed by atoms with Gasteiger partial charge in [-0.15, -0.1) is 11.3 Å². The van der Waals surface area contributed by atoms with Gasteiger partial charge in [0.05, 0.1) is 6.10 Å². The minimum absolute atomic E-state index is 0.224. The molecule has 0 radical (unpaired) electrons. The average Bonchev–Trinajstić information content (AvgIpc) is 2.57. The Kier molecular flexibility index (Phi) is 2.91. The molecule has 0 amide bonds. The van der Waals surface area contributed by atoms with Gasteiger partial charge in [-0.1, -0.05) is 0 Å². The summed E-state index contributed by atoms with van der Waals surface area (Å²) in [7, 11) is 0. The van der Waals surface area contributed by atoms with Crippen molar-refractivity contribution in [3.63, 3.8) is 0 Å². The quantitative estimate of drug-likeness (QED) is 0.809. The smallest absolute Gasteiger partial charge is 0.0639 e. The van der Waals surface area contributed by atoms with Gasteiger partial charge in [0, 0.05) is 24.0 Å². The summed E-state index contributed by atoms with van der Waals surface area (Å²) in [6, 6.07) is 2.69. The zero-order valence-corrected chi connectivity index (χ0v) is 9.55. The molecule has 0 spiro atoms. The molecular formula is C11H17NOS. The van der Waals surface area contributed by atoms with E-state index >= 15 is 0 Å². The van der Waals surface area contributed by atoms with Crippen LogP contribution in [-0.2, 0) is 6.42 Å². The van der Waals surface area contributed by atoms with E-state index in [2.05, 4.69) is 23.3 Å². The molecule has 1 aliphatic heterocycles. The van der Waals surface area contributed by atoms with Gasteiger partial charge >= 0.3 is 0 Å². The molecule has 1 aromatic heterocycles. The number of β-amino-alcohol motifs (C(OH)–C–C–N with tert-alkyl or cyclic N) is 1. The fraction of sp³-hybridized carbons (Fsp3) is 0.636. The van der Waals surface area contributed by atoms with Gasteiger partial charge in [0.2, 0.25) is 0 Å². The van der Waals surface area contributed by atoms with Crippen LogP contribution < -0.4 is 0 Å². The van der Waals surface area contributed by atoms with Gasteiger partial charge in [-0.2, -0.15) is 0 Å². The first-order chi connectivity index (χ1) is 6.68. The van der Waals surface area contributed by atoms with Crippen molar-refractivity contribution in [3.05, 3.63) is 21.9 Å².